The fourth-order valence-corrected chi connectivity index (χ4v) is 2.31. The minimum Gasteiger partial charge on any atom is -0.477 e. The normalized spacial score (nSPS) is 11.0. The minimum absolute atomic E-state index is 0.0515. The van der Waals surface area contributed by atoms with Crippen LogP contribution in [0.25, 0.3) is 22.0 Å². The van der Waals surface area contributed by atoms with Crippen molar-refractivity contribution < 1.29 is 14.3 Å². The molecule has 1 N–H and O–H groups in total. The first-order valence-corrected chi connectivity index (χ1v) is 6.30. The summed E-state index contributed by atoms with van der Waals surface area (Å²) in [4.78, 5) is 15.1. The van der Waals surface area contributed by atoms with Crippen molar-refractivity contribution in [2.45, 2.75) is 6.92 Å². The Kier molecular flexibility index (Phi) is 2.94. The molecule has 2 aromatic heterocycles. The van der Waals surface area contributed by atoms with E-state index in [1.165, 1.54) is 12.1 Å². The van der Waals surface area contributed by atoms with Crippen LogP contribution in [0.5, 0.6) is 0 Å². The van der Waals surface area contributed by atoms with Crippen LogP contribution in [-0.4, -0.2) is 25.8 Å². The SMILES string of the molecule is Cc1c(-c2cc(C(=O)O)nc3c(F)cccc23)cnn1C. The molecule has 0 saturated carbocycles. The Morgan fingerprint density at radius 3 is 2.71 bits per heavy atom. The van der Waals surface area contributed by atoms with Crippen LogP contribution in [0.4, 0.5) is 4.39 Å². The van der Waals surface area contributed by atoms with Crippen LogP contribution < -0.4 is 0 Å². The molecule has 0 aliphatic rings. The summed E-state index contributed by atoms with van der Waals surface area (Å²) in [7, 11) is 1.79. The molecular formula is C15H12FN3O2. The van der Waals surface area contributed by atoms with Crippen molar-refractivity contribution >= 4 is 16.9 Å². The average Bonchev–Trinajstić information content (AvgIpc) is 2.78. The molecule has 0 aliphatic heterocycles. The van der Waals surface area contributed by atoms with Crippen LogP contribution in [0.2, 0.25) is 0 Å². The van der Waals surface area contributed by atoms with E-state index < -0.39 is 11.8 Å². The molecule has 0 amide bonds. The lowest BCUT2D eigenvalue weighted by Crippen LogP contribution is -2.02. The van der Waals surface area contributed by atoms with Crippen molar-refractivity contribution in [3.63, 3.8) is 0 Å². The van der Waals surface area contributed by atoms with Crippen molar-refractivity contribution in [3.8, 4) is 11.1 Å². The number of pyridine rings is 1. The summed E-state index contributed by atoms with van der Waals surface area (Å²) in [6.45, 7) is 1.87. The van der Waals surface area contributed by atoms with Crippen molar-refractivity contribution in [2.75, 3.05) is 0 Å². The highest BCUT2D eigenvalue weighted by Crippen LogP contribution is 2.31. The zero-order chi connectivity index (χ0) is 15.1. The predicted octanol–water partition coefficient (Wildman–Crippen LogP) is 2.78. The standard InChI is InChI=1S/C15H12FN3O2/c1-8-11(7-17-19(8)2)10-6-13(15(20)21)18-14-9(10)4-3-5-12(14)16/h3-7H,1-2H3,(H,20,21). The molecule has 5 nitrogen and oxygen atoms in total. The number of hydrogen-bond acceptors (Lipinski definition) is 3. The van der Waals surface area contributed by atoms with Crippen LogP contribution in [0.3, 0.4) is 0 Å². The van der Waals surface area contributed by atoms with Crippen molar-refractivity contribution in [1.82, 2.24) is 14.8 Å². The van der Waals surface area contributed by atoms with Gasteiger partial charge in [-0.15, -0.1) is 0 Å². The molecule has 3 aromatic rings. The van der Waals surface area contributed by atoms with Gasteiger partial charge in [-0.2, -0.15) is 5.10 Å². The Labute approximate surface area is 119 Å². The number of halogens is 1. The Morgan fingerprint density at radius 2 is 2.10 bits per heavy atom. The number of rotatable bonds is 2. The molecule has 0 radical (unpaired) electrons. The van der Waals surface area contributed by atoms with Crippen LogP contribution in [0.15, 0.2) is 30.5 Å². The van der Waals surface area contributed by atoms with Gasteiger partial charge in [0.15, 0.2) is 0 Å². The summed E-state index contributed by atoms with van der Waals surface area (Å²) < 4.78 is 15.6. The predicted molar refractivity (Wildman–Crippen MR) is 75.6 cm³/mol. The average molecular weight is 285 g/mol. The third-order valence-corrected chi connectivity index (χ3v) is 3.53. The van der Waals surface area contributed by atoms with Crippen LogP contribution in [0, 0.1) is 12.7 Å². The van der Waals surface area contributed by atoms with E-state index in [0.29, 0.717) is 10.9 Å². The first kappa shape index (κ1) is 13.2. The Morgan fingerprint density at radius 1 is 1.33 bits per heavy atom. The van der Waals surface area contributed by atoms with Crippen LogP contribution >= 0.6 is 0 Å². The quantitative estimate of drug-likeness (QED) is 0.786. The number of hydrogen-bond donors (Lipinski definition) is 1. The fourth-order valence-electron chi connectivity index (χ4n) is 2.31. The first-order valence-electron chi connectivity index (χ1n) is 6.30. The van der Waals surface area contributed by atoms with Gasteiger partial charge in [0.2, 0.25) is 0 Å². The molecule has 0 bridgehead atoms. The largest absolute Gasteiger partial charge is 0.477 e. The Balaban J connectivity index is 2.43. The lowest BCUT2D eigenvalue weighted by molar-refractivity contribution is 0.0691. The maximum atomic E-state index is 14.0. The van der Waals surface area contributed by atoms with Gasteiger partial charge in [-0.25, -0.2) is 14.2 Å². The zero-order valence-corrected chi connectivity index (χ0v) is 11.5. The van der Waals surface area contributed by atoms with E-state index in [0.717, 1.165) is 11.3 Å². The van der Waals surface area contributed by atoms with E-state index in [4.69, 9.17) is 0 Å². The highest BCUT2D eigenvalue weighted by molar-refractivity contribution is 5.99. The van der Waals surface area contributed by atoms with E-state index in [9.17, 15) is 14.3 Å². The molecule has 3 rings (SSSR count). The number of aryl methyl sites for hydroxylation is 1. The molecule has 0 atom stereocenters. The second-order valence-electron chi connectivity index (χ2n) is 4.76. The number of carboxylic acids is 1. The molecule has 0 fully saturated rings. The summed E-state index contributed by atoms with van der Waals surface area (Å²) in [5, 5.41) is 13.9. The number of aromatic carboxylic acids is 1. The fraction of sp³-hybridized carbons (Fsp3) is 0.133. The van der Waals surface area contributed by atoms with Gasteiger partial charge in [0.25, 0.3) is 0 Å². The number of nitrogens with zero attached hydrogens (tertiary/aromatic N) is 3. The smallest absolute Gasteiger partial charge is 0.354 e. The van der Waals surface area contributed by atoms with Gasteiger partial charge in [0.05, 0.1) is 6.20 Å². The highest BCUT2D eigenvalue weighted by Gasteiger charge is 2.17. The number of fused-ring (bicyclic) bond motifs is 1. The van der Waals surface area contributed by atoms with E-state index in [1.54, 1.807) is 30.1 Å². The Bertz CT molecular complexity index is 871. The third-order valence-electron chi connectivity index (χ3n) is 3.53. The van der Waals surface area contributed by atoms with E-state index >= 15 is 0 Å². The maximum absolute atomic E-state index is 14.0. The number of benzene rings is 1. The van der Waals surface area contributed by atoms with Crippen molar-refractivity contribution in [2.24, 2.45) is 7.05 Å². The summed E-state index contributed by atoms with van der Waals surface area (Å²) in [6, 6.07) is 6.02. The molecule has 1 aromatic carbocycles. The van der Waals surface area contributed by atoms with Gasteiger partial charge < -0.3 is 5.11 Å². The molecule has 21 heavy (non-hydrogen) atoms. The first-order chi connectivity index (χ1) is 9.99. The second-order valence-corrected chi connectivity index (χ2v) is 4.76. The molecular weight excluding hydrogens is 273 g/mol. The Hall–Kier alpha value is -2.76. The van der Waals surface area contributed by atoms with Crippen molar-refractivity contribution in [1.29, 1.82) is 0 Å². The molecule has 106 valence electrons. The molecule has 0 aliphatic carbocycles. The van der Waals surface area contributed by atoms with E-state index in [1.807, 2.05) is 6.92 Å². The second kappa shape index (κ2) is 4.66. The molecule has 0 saturated heterocycles. The third kappa shape index (κ3) is 2.05. The van der Waals surface area contributed by atoms with E-state index in [2.05, 4.69) is 10.1 Å². The number of carbonyl (C=O) groups is 1. The summed E-state index contributed by atoms with van der Waals surface area (Å²) >= 11 is 0. The van der Waals surface area contributed by atoms with Gasteiger partial charge >= 0.3 is 5.97 Å². The van der Waals surface area contributed by atoms with Gasteiger partial charge in [-0.1, -0.05) is 12.1 Å². The zero-order valence-electron chi connectivity index (χ0n) is 11.5. The highest BCUT2D eigenvalue weighted by atomic mass is 19.1. The van der Waals surface area contributed by atoms with Gasteiger partial charge in [0, 0.05) is 23.7 Å². The number of carboxylic acid groups (broad SMARTS) is 1. The summed E-state index contributed by atoms with van der Waals surface area (Å²) in [5.74, 6) is -1.73. The van der Waals surface area contributed by atoms with Gasteiger partial charge in [-0.3, -0.25) is 4.68 Å². The minimum atomic E-state index is -1.19. The number of para-hydroxylation sites is 1. The van der Waals surface area contributed by atoms with Gasteiger partial charge in [0.1, 0.15) is 17.0 Å². The van der Waals surface area contributed by atoms with E-state index in [-0.39, 0.29) is 11.2 Å². The summed E-state index contributed by atoms with van der Waals surface area (Å²) in [6.07, 6.45) is 1.64. The topological polar surface area (TPSA) is 68.0 Å². The molecule has 0 spiro atoms. The molecule has 2 heterocycles. The summed E-state index contributed by atoms with van der Waals surface area (Å²) in [5.41, 5.74) is 2.10. The lowest BCUT2D eigenvalue weighted by Gasteiger charge is -2.08. The number of aromatic nitrogens is 3. The van der Waals surface area contributed by atoms with Crippen LogP contribution in [0.1, 0.15) is 16.2 Å². The monoisotopic (exact) mass is 285 g/mol. The maximum Gasteiger partial charge on any atom is 0.354 e. The van der Waals surface area contributed by atoms with Crippen LogP contribution in [-0.2, 0) is 7.05 Å². The lowest BCUT2D eigenvalue weighted by atomic mass is 10.0. The van der Waals surface area contributed by atoms with Crippen molar-refractivity contribution in [3.05, 3.63) is 47.7 Å². The molecule has 6 heteroatoms. The molecule has 0 unspecified atom stereocenters. The van der Waals surface area contributed by atoms with Gasteiger partial charge in [-0.05, 0) is 24.6 Å².